The van der Waals surface area contributed by atoms with Crippen molar-refractivity contribution in [3.63, 3.8) is 0 Å². The van der Waals surface area contributed by atoms with E-state index < -0.39 is 0 Å². The van der Waals surface area contributed by atoms with Gasteiger partial charge in [-0.25, -0.2) is 4.39 Å². The lowest BCUT2D eigenvalue weighted by molar-refractivity contribution is 0.0911. The Hall–Kier alpha value is -2.64. The van der Waals surface area contributed by atoms with Crippen LogP contribution in [0.5, 0.6) is 0 Å². The van der Waals surface area contributed by atoms with E-state index in [0.717, 1.165) is 24.0 Å². The first kappa shape index (κ1) is 17.8. The van der Waals surface area contributed by atoms with Gasteiger partial charge in [0, 0.05) is 34.8 Å². The van der Waals surface area contributed by atoms with E-state index in [1.54, 1.807) is 24.3 Å². The van der Waals surface area contributed by atoms with Gasteiger partial charge in [-0.3, -0.25) is 4.79 Å². The van der Waals surface area contributed by atoms with E-state index in [4.69, 9.17) is 0 Å². The number of hydrogen-bond donors (Lipinski definition) is 2. The molecule has 27 heavy (non-hydrogen) atoms. The summed E-state index contributed by atoms with van der Waals surface area (Å²) >= 11 is 0. The van der Waals surface area contributed by atoms with Crippen LogP contribution in [-0.4, -0.2) is 24.0 Å². The second kappa shape index (κ2) is 7.54. The summed E-state index contributed by atoms with van der Waals surface area (Å²) in [6.07, 6.45) is 6.03. The van der Waals surface area contributed by atoms with Gasteiger partial charge >= 0.3 is 0 Å². The third-order valence-electron chi connectivity index (χ3n) is 5.33. The maximum absolute atomic E-state index is 12.9. The fraction of sp³-hybridized carbons (Fsp3) is 0.348. The SMILES string of the molecule is O=C(NCC1(NC2CC2)CCC1)c1ccc(C#Cc2ccc(F)cc2)cc1. The van der Waals surface area contributed by atoms with E-state index >= 15 is 0 Å². The topological polar surface area (TPSA) is 41.1 Å². The number of nitrogens with one attached hydrogen (secondary N) is 2. The zero-order chi connectivity index (χ0) is 18.7. The van der Waals surface area contributed by atoms with Gasteiger partial charge in [0.25, 0.3) is 5.91 Å². The minimum Gasteiger partial charge on any atom is -0.350 e. The van der Waals surface area contributed by atoms with Gasteiger partial charge in [-0.2, -0.15) is 0 Å². The molecular formula is C23H23FN2O. The minimum atomic E-state index is -0.271. The van der Waals surface area contributed by atoms with E-state index in [0.29, 0.717) is 18.2 Å². The third kappa shape index (κ3) is 4.56. The fourth-order valence-electron chi connectivity index (χ4n) is 3.37. The molecule has 2 aliphatic rings. The number of rotatable bonds is 5. The predicted octanol–water partition coefficient (Wildman–Crippen LogP) is 3.63. The van der Waals surface area contributed by atoms with Crippen molar-refractivity contribution in [2.75, 3.05) is 6.54 Å². The first-order valence-corrected chi connectivity index (χ1v) is 9.56. The summed E-state index contributed by atoms with van der Waals surface area (Å²) in [7, 11) is 0. The molecule has 2 aromatic carbocycles. The first-order chi connectivity index (χ1) is 13.1. The fourth-order valence-corrected chi connectivity index (χ4v) is 3.37. The van der Waals surface area contributed by atoms with E-state index in [-0.39, 0.29) is 17.3 Å². The lowest BCUT2D eigenvalue weighted by atomic mass is 9.76. The van der Waals surface area contributed by atoms with Crippen molar-refractivity contribution in [1.82, 2.24) is 10.6 Å². The van der Waals surface area contributed by atoms with Crippen molar-refractivity contribution in [3.8, 4) is 11.8 Å². The van der Waals surface area contributed by atoms with Crippen LogP contribution in [0.1, 0.15) is 53.6 Å². The smallest absolute Gasteiger partial charge is 0.251 e. The monoisotopic (exact) mass is 362 g/mol. The lowest BCUT2D eigenvalue weighted by Crippen LogP contribution is -2.58. The molecule has 2 aliphatic carbocycles. The molecule has 0 aliphatic heterocycles. The Bertz CT molecular complexity index is 869. The van der Waals surface area contributed by atoms with Crippen molar-refractivity contribution < 1.29 is 9.18 Å². The molecule has 0 aromatic heterocycles. The van der Waals surface area contributed by atoms with Gasteiger partial charge in [-0.1, -0.05) is 11.8 Å². The number of carbonyl (C=O) groups excluding carboxylic acids is 1. The highest BCUT2D eigenvalue weighted by Gasteiger charge is 2.41. The molecular weight excluding hydrogens is 339 g/mol. The quantitative estimate of drug-likeness (QED) is 0.798. The minimum absolute atomic E-state index is 0.0445. The van der Waals surface area contributed by atoms with Crippen LogP contribution in [0.15, 0.2) is 48.5 Å². The highest BCUT2D eigenvalue weighted by atomic mass is 19.1. The molecule has 4 heteroatoms. The highest BCUT2D eigenvalue weighted by molar-refractivity contribution is 5.94. The molecule has 0 bridgehead atoms. The van der Waals surface area contributed by atoms with Crippen molar-refractivity contribution in [1.29, 1.82) is 0 Å². The first-order valence-electron chi connectivity index (χ1n) is 9.56. The molecule has 2 fully saturated rings. The number of halogens is 1. The summed E-state index contributed by atoms with van der Waals surface area (Å²) in [5.41, 5.74) is 2.33. The van der Waals surface area contributed by atoms with Crippen LogP contribution >= 0.6 is 0 Å². The summed E-state index contributed by atoms with van der Waals surface area (Å²) in [4.78, 5) is 12.4. The second-order valence-electron chi connectivity index (χ2n) is 7.57. The Kier molecular flexibility index (Phi) is 4.96. The van der Waals surface area contributed by atoms with Gasteiger partial charge in [0.1, 0.15) is 5.82 Å². The lowest BCUT2D eigenvalue weighted by Gasteiger charge is -2.43. The Morgan fingerprint density at radius 2 is 1.59 bits per heavy atom. The Morgan fingerprint density at radius 3 is 2.11 bits per heavy atom. The molecule has 3 nitrogen and oxygen atoms in total. The zero-order valence-electron chi connectivity index (χ0n) is 15.2. The molecule has 4 rings (SSSR count). The van der Waals surface area contributed by atoms with Crippen LogP contribution in [0, 0.1) is 17.7 Å². The Labute approximate surface area is 159 Å². The van der Waals surface area contributed by atoms with E-state index in [1.165, 1.54) is 31.4 Å². The van der Waals surface area contributed by atoms with Crippen molar-refractivity contribution in [2.24, 2.45) is 0 Å². The van der Waals surface area contributed by atoms with Crippen LogP contribution < -0.4 is 10.6 Å². The van der Waals surface area contributed by atoms with Crippen molar-refractivity contribution >= 4 is 5.91 Å². The number of carbonyl (C=O) groups is 1. The molecule has 0 unspecified atom stereocenters. The molecule has 2 aromatic rings. The molecule has 1 amide bonds. The average molecular weight is 362 g/mol. The third-order valence-corrected chi connectivity index (χ3v) is 5.33. The molecule has 0 saturated heterocycles. The molecule has 2 N–H and O–H groups in total. The normalized spacial score (nSPS) is 17.4. The molecule has 2 saturated carbocycles. The summed E-state index contributed by atoms with van der Waals surface area (Å²) < 4.78 is 12.9. The van der Waals surface area contributed by atoms with Crippen molar-refractivity contribution in [3.05, 3.63) is 71.0 Å². The Balaban J connectivity index is 1.34. The maximum atomic E-state index is 12.9. The van der Waals surface area contributed by atoms with E-state index in [2.05, 4.69) is 22.5 Å². The zero-order valence-corrected chi connectivity index (χ0v) is 15.2. The van der Waals surface area contributed by atoms with Crippen molar-refractivity contribution in [2.45, 2.75) is 43.7 Å². The molecule has 0 atom stereocenters. The summed E-state index contributed by atoms with van der Waals surface area (Å²) in [6, 6.07) is 14.0. The largest absolute Gasteiger partial charge is 0.350 e. The van der Waals surface area contributed by atoms with Crippen LogP contribution in [0.25, 0.3) is 0 Å². The molecule has 138 valence electrons. The summed E-state index contributed by atoms with van der Waals surface area (Å²) in [6.45, 7) is 0.689. The van der Waals surface area contributed by atoms with E-state index in [1.807, 2.05) is 12.1 Å². The molecule has 0 heterocycles. The standard InChI is InChI=1S/C23H23FN2O/c24-20-10-6-18(7-11-20)3-2-17-4-8-19(9-5-17)22(27)25-16-23(14-1-15-23)26-21-12-13-21/h4-11,21,26H,1,12-16H2,(H,25,27). The second-order valence-corrected chi connectivity index (χ2v) is 7.57. The van der Waals surface area contributed by atoms with Gasteiger partial charge in [-0.05, 0) is 80.6 Å². The van der Waals surface area contributed by atoms with Gasteiger partial charge in [-0.15, -0.1) is 0 Å². The van der Waals surface area contributed by atoms with Gasteiger partial charge in [0.2, 0.25) is 0 Å². The average Bonchev–Trinajstić information content (AvgIpc) is 3.47. The number of benzene rings is 2. The number of amides is 1. The van der Waals surface area contributed by atoms with Gasteiger partial charge in [0.15, 0.2) is 0 Å². The van der Waals surface area contributed by atoms with E-state index in [9.17, 15) is 9.18 Å². The highest BCUT2D eigenvalue weighted by Crippen LogP contribution is 2.35. The van der Waals surface area contributed by atoms with Crippen LogP contribution in [0.2, 0.25) is 0 Å². The maximum Gasteiger partial charge on any atom is 0.251 e. The summed E-state index contributed by atoms with van der Waals surface area (Å²) in [5, 5.41) is 6.78. The molecule has 0 spiro atoms. The summed E-state index contributed by atoms with van der Waals surface area (Å²) in [5.74, 6) is 5.72. The van der Waals surface area contributed by atoms with Crippen LogP contribution in [-0.2, 0) is 0 Å². The van der Waals surface area contributed by atoms with Crippen LogP contribution in [0.4, 0.5) is 4.39 Å². The number of hydrogen-bond acceptors (Lipinski definition) is 2. The van der Waals surface area contributed by atoms with Crippen LogP contribution in [0.3, 0.4) is 0 Å². The van der Waals surface area contributed by atoms with Gasteiger partial charge in [0.05, 0.1) is 0 Å². The Morgan fingerprint density at radius 1 is 1.00 bits per heavy atom. The molecule has 0 radical (unpaired) electrons. The van der Waals surface area contributed by atoms with Gasteiger partial charge < -0.3 is 10.6 Å². The predicted molar refractivity (Wildman–Crippen MR) is 104 cm³/mol.